The van der Waals surface area contributed by atoms with Gasteiger partial charge in [0.05, 0.1) is 6.54 Å². The molecule has 0 aliphatic carbocycles. The molecule has 34 heavy (non-hydrogen) atoms. The standard InChI is InChI=1S/C24H33FN6O3/c1-5-30(6-2)13-7-12-26-21(32)19-14-20-22(33)29(4)24(3,16-31(20)28-19)23(34)27-15-17-8-10-18(25)11-9-17/h8-11,14H,5-7,12-13,15-16H2,1-4H3,(H,26,32)(H,27,34)/t24-/m0/s1. The van der Waals surface area contributed by atoms with Gasteiger partial charge in [0.2, 0.25) is 5.91 Å². The van der Waals surface area contributed by atoms with E-state index in [1.165, 1.54) is 27.8 Å². The minimum absolute atomic E-state index is 0.106. The zero-order valence-corrected chi connectivity index (χ0v) is 20.2. The van der Waals surface area contributed by atoms with Crippen molar-refractivity contribution in [1.82, 2.24) is 30.2 Å². The van der Waals surface area contributed by atoms with Gasteiger partial charge in [0, 0.05) is 26.2 Å². The van der Waals surface area contributed by atoms with Crippen LogP contribution in [0.2, 0.25) is 0 Å². The van der Waals surface area contributed by atoms with Gasteiger partial charge < -0.3 is 20.4 Å². The van der Waals surface area contributed by atoms with Crippen LogP contribution in [0.3, 0.4) is 0 Å². The third-order valence-corrected chi connectivity index (χ3v) is 6.42. The van der Waals surface area contributed by atoms with E-state index in [1.54, 1.807) is 26.1 Å². The van der Waals surface area contributed by atoms with E-state index < -0.39 is 11.4 Å². The normalized spacial score (nSPS) is 17.6. The van der Waals surface area contributed by atoms with Crippen molar-refractivity contribution in [3.05, 3.63) is 53.1 Å². The first-order valence-corrected chi connectivity index (χ1v) is 11.6. The molecule has 3 rings (SSSR count). The van der Waals surface area contributed by atoms with Crippen molar-refractivity contribution in [1.29, 1.82) is 0 Å². The number of hydrogen-bond acceptors (Lipinski definition) is 5. The molecule has 1 aliphatic rings. The quantitative estimate of drug-likeness (QED) is 0.512. The fourth-order valence-corrected chi connectivity index (χ4v) is 3.95. The summed E-state index contributed by atoms with van der Waals surface area (Å²) in [6.45, 7) is 9.48. The van der Waals surface area contributed by atoms with Gasteiger partial charge in [-0.05, 0) is 50.7 Å². The van der Waals surface area contributed by atoms with Crippen LogP contribution in [0.1, 0.15) is 53.7 Å². The van der Waals surface area contributed by atoms with Crippen molar-refractivity contribution in [3.63, 3.8) is 0 Å². The van der Waals surface area contributed by atoms with Crippen LogP contribution in [-0.2, 0) is 17.9 Å². The minimum atomic E-state index is -1.20. The number of halogens is 1. The molecule has 1 aromatic carbocycles. The molecule has 2 heterocycles. The first kappa shape index (κ1) is 25.4. The van der Waals surface area contributed by atoms with E-state index in [2.05, 4.69) is 34.5 Å². The Bertz CT molecular complexity index is 1030. The molecule has 9 nitrogen and oxygen atoms in total. The van der Waals surface area contributed by atoms with Crippen LogP contribution in [0.25, 0.3) is 0 Å². The maximum Gasteiger partial charge on any atom is 0.272 e. The van der Waals surface area contributed by atoms with Gasteiger partial charge in [-0.2, -0.15) is 5.10 Å². The largest absolute Gasteiger partial charge is 0.351 e. The Kier molecular flexibility index (Phi) is 8.03. The van der Waals surface area contributed by atoms with Crippen molar-refractivity contribution >= 4 is 17.7 Å². The van der Waals surface area contributed by atoms with Crippen LogP contribution < -0.4 is 10.6 Å². The van der Waals surface area contributed by atoms with Crippen LogP contribution in [-0.4, -0.2) is 76.1 Å². The highest BCUT2D eigenvalue weighted by Crippen LogP contribution is 2.26. The van der Waals surface area contributed by atoms with Crippen molar-refractivity contribution in [2.75, 3.05) is 33.2 Å². The first-order valence-electron chi connectivity index (χ1n) is 11.6. The lowest BCUT2D eigenvalue weighted by Gasteiger charge is -2.40. The summed E-state index contributed by atoms with van der Waals surface area (Å²) in [5.74, 6) is -1.45. The molecule has 10 heteroatoms. The second-order valence-electron chi connectivity index (χ2n) is 8.66. The number of carbonyl (C=O) groups excluding carboxylic acids is 3. The summed E-state index contributed by atoms with van der Waals surface area (Å²) in [5.41, 5.74) is -0.0498. The van der Waals surface area contributed by atoms with Crippen LogP contribution in [0.5, 0.6) is 0 Å². The average molecular weight is 473 g/mol. The smallest absolute Gasteiger partial charge is 0.272 e. The number of hydrogen-bond donors (Lipinski definition) is 2. The van der Waals surface area contributed by atoms with Crippen LogP contribution in [0, 0.1) is 5.82 Å². The van der Waals surface area contributed by atoms with E-state index in [9.17, 15) is 18.8 Å². The molecule has 184 valence electrons. The van der Waals surface area contributed by atoms with Gasteiger partial charge in [0.15, 0.2) is 5.69 Å². The van der Waals surface area contributed by atoms with Crippen molar-refractivity contribution in [3.8, 4) is 0 Å². The lowest BCUT2D eigenvalue weighted by molar-refractivity contribution is -0.132. The van der Waals surface area contributed by atoms with E-state index in [4.69, 9.17) is 0 Å². The number of carbonyl (C=O) groups is 3. The second-order valence-corrected chi connectivity index (χ2v) is 8.66. The van der Waals surface area contributed by atoms with E-state index in [0.29, 0.717) is 6.54 Å². The van der Waals surface area contributed by atoms with Crippen LogP contribution in [0.4, 0.5) is 4.39 Å². The highest BCUT2D eigenvalue weighted by molar-refractivity contribution is 6.01. The Hall–Kier alpha value is -3.27. The van der Waals surface area contributed by atoms with E-state index in [-0.39, 0.29) is 42.1 Å². The Morgan fingerprint density at radius 3 is 2.50 bits per heavy atom. The summed E-state index contributed by atoms with van der Waals surface area (Å²) in [5, 5.41) is 9.98. The fourth-order valence-electron chi connectivity index (χ4n) is 3.95. The molecule has 2 aromatic rings. The number of nitrogens with zero attached hydrogens (tertiary/aromatic N) is 4. The zero-order chi connectivity index (χ0) is 24.9. The summed E-state index contributed by atoms with van der Waals surface area (Å²) >= 11 is 0. The molecule has 2 N–H and O–H groups in total. The van der Waals surface area contributed by atoms with Crippen molar-refractivity contribution in [2.24, 2.45) is 0 Å². The molecular formula is C24H33FN6O3. The molecule has 1 aromatic heterocycles. The van der Waals surface area contributed by atoms with E-state index in [1.807, 2.05) is 0 Å². The molecule has 0 radical (unpaired) electrons. The molecule has 1 atom stereocenters. The van der Waals surface area contributed by atoms with Crippen molar-refractivity contribution < 1.29 is 18.8 Å². The SMILES string of the molecule is CCN(CC)CCCNC(=O)c1cc2n(n1)C[C@@](C)(C(=O)NCc1ccc(F)cc1)N(C)C2=O. The summed E-state index contributed by atoms with van der Waals surface area (Å²) < 4.78 is 14.5. The van der Waals surface area contributed by atoms with Crippen molar-refractivity contribution in [2.45, 2.75) is 45.8 Å². The fraction of sp³-hybridized carbons (Fsp3) is 0.500. The lowest BCUT2D eigenvalue weighted by Crippen LogP contribution is -2.62. The van der Waals surface area contributed by atoms with Gasteiger partial charge in [0.25, 0.3) is 11.8 Å². The number of likely N-dealkylation sites (N-methyl/N-ethyl adjacent to an activating group) is 1. The summed E-state index contributed by atoms with van der Waals surface area (Å²) in [7, 11) is 1.56. The monoisotopic (exact) mass is 472 g/mol. The zero-order valence-electron chi connectivity index (χ0n) is 20.2. The van der Waals surface area contributed by atoms with Gasteiger partial charge in [-0.15, -0.1) is 0 Å². The topological polar surface area (TPSA) is 99.6 Å². The predicted octanol–water partition coefficient (Wildman–Crippen LogP) is 1.64. The number of amides is 3. The number of nitrogens with one attached hydrogen (secondary N) is 2. The summed E-state index contributed by atoms with van der Waals surface area (Å²) in [6.07, 6.45) is 0.814. The van der Waals surface area contributed by atoms with Gasteiger partial charge >= 0.3 is 0 Å². The Morgan fingerprint density at radius 2 is 1.85 bits per heavy atom. The van der Waals surface area contributed by atoms with Crippen LogP contribution in [0.15, 0.2) is 30.3 Å². The van der Waals surface area contributed by atoms with E-state index in [0.717, 1.165) is 31.6 Å². The molecule has 1 aliphatic heterocycles. The molecule has 3 amide bonds. The van der Waals surface area contributed by atoms with E-state index >= 15 is 0 Å². The second kappa shape index (κ2) is 10.8. The Morgan fingerprint density at radius 1 is 1.18 bits per heavy atom. The Labute approximate surface area is 199 Å². The van der Waals surface area contributed by atoms with Gasteiger partial charge in [-0.3, -0.25) is 19.1 Å². The number of aromatic nitrogens is 2. The van der Waals surface area contributed by atoms with Crippen LogP contribution >= 0.6 is 0 Å². The molecule has 0 saturated heterocycles. The molecule has 0 fully saturated rings. The third-order valence-electron chi connectivity index (χ3n) is 6.42. The molecule has 0 saturated carbocycles. The summed E-state index contributed by atoms with van der Waals surface area (Å²) in [4.78, 5) is 42.3. The minimum Gasteiger partial charge on any atom is -0.351 e. The highest BCUT2D eigenvalue weighted by Gasteiger charge is 2.46. The summed E-state index contributed by atoms with van der Waals surface area (Å²) in [6, 6.07) is 7.30. The lowest BCUT2D eigenvalue weighted by atomic mass is 9.96. The molecule has 0 unspecified atom stereocenters. The number of benzene rings is 1. The average Bonchev–Trinajstić information content (AvgIpc) is 3.26. The maximum absolute atomic E-state index is 13.1. The molecular weight excluding hydrogens is 439 g/mol. The Balaban J connectivity index is 1.64. The van der Waals surface area contributed by atoms with Gasteiger partial charge in [-0.1, -0.05) is 26.0 Å². The number of fused-ring (bicyclic) bond motifs is 1. The number of rotatable bonds is 10. The van der Waals surface area contributed by atoms with Gasteiger partial charge in [-0.25, -0.2) is 4.39 Å². The van der Waals surface area contributed by atoms with Gasteiger partial charge in [0.1, 0.15) is 17.1 Å². The molecule has 0 bridgehead atoms. The molecule has 0 spiro atoms. The highest BCUT2D eigenvalue weighted by atomic mass is 19.1. The first-order chi connectivity index (χ1) is 16.2. The third kappa shape index (κ3) is 5.44. The predicted molar refractivity (Wildman–Crippen MR) is 126 cm³/mol. The maximum atomic E-state index is 13.1.